The highest BCUT2D eigenvalue weighted by molar-refractivity contribution is 9.10. The van der Waals surface area contributed by atoms with Gasteiger partial charge in [-0.25, -0.2) is 0 Å². The fourth-order valence-electron chi connectivity index (χ4n) is 3.64. The highest BCUT2D eigenvalue weighted by atomic mass is 79.9. The summed E-state index contributed by atoms with van der Waals surface area (Å²) in [6.07, 6.45) is 2.29. The zero-order valence-electron chi connectivity index (χ0n) is 19.5. The van der Waals surface area contributed by atoms with Crippen molar-refractivity contribution >= 4 is 27.7 Å². The molecule has 0 saturated heterocycles. The molecule has 0 heterocycles. The van der Waals surface area contributed by atoms with Crippen LogP contribution in [0.5, 0.6) is 5.75 Å². The lowest BCUT2D eigenvalue weighted by atomic mass is 10.0. The molecule has 2 amide bonds. The Hall–Kier alpha value is -3.12. The molecule has 0 spiro atoms. The molecule has 0 aliphatic heterocycles. The quantitative estimate of drug-likeness (QED) is 0.324. The maximum Gasteiger partial charge on any atom is 0.261 e. The summed E-state index contributed by atoms with van der Waals surface area (Å²) in [6.45, 7) is 2.82. The minimum absolute atomic E-state index is 0.147. The van der Waals surface area contributed by atoms with E-state index in [-0.39, 0.29) is 18.4 Å². The first-order chi connectivity index (χ1) is 16.6. The molecule has 34 heavy (non-hydrogen) atoms. The van der Waals surface area contributed by atoms with Crippen molar-refractivity contribution in [3.05, 3.63) is 101 Å². The van der Waals surface area contributed by atoms with Crippen LogP contribution in [0.15, 0.2) is 89.4 Å². The Labute approximate surface area is 210 Å². The summed E-state index contributed by atoms with van der Waals surface area (Å²) in [4.78, 5) is 28.5. The lowest BCUT2D eigenvalue weighted by Gasteiger charge is -2.31. The lowest BCUT2D eigenvalue weighted by molar-refractivity contribution is -0.142. The normalized spacial score (nSPS) is 11.5. The molecule has 1 atom stereocenters. The van der Waals surface area contributed by atoms with Crippen molar-refractivity contribution in [1.29, 1.82) is 0 Å². The summed E-state index contributed by atoms with van der Waals surface area (Å²) in [6, 6.07) is 26.2. The van der Waals surface area contributed by atoms with Crippen LogP contribution in [-0.2, 0) is 22.6 Å². The number of rotatable bonds is 12. The monoisotopic (exact) mass is 522 g/mol. The largest absolute Gasteiger partial charge is 0.484 e. The number of ether oxygens (including phenoxy) is 1. The highest BCUT2D eigenvalue weighted by Crippen LogP contribution is 2.18. The van der Waals surface area contributed by atoms with Crippen LogP contribution in [0.2, 0.25) is 0 Å². The molecule has 3 aromatic rings. The molecule has 3 rings (SSSR count). The van der Waals surface area contributed by atoms with Crippen molar-refractivity contribution in [2.45, 2.75) is 38.8 Å². The van der Waals surface area contributed by atoms with Crippen LogP contribution in [0, 0.1) is 0 Å². The van der Waals surface area contributed by atoms with Gasteiger partial charge < -0.3 is 15.0 Å². The summed E-state index contributed by atoms with van der Waals surface area (Å²) in [5, 5.41) is 3.03. The Morgan fingerprint density at radius 1 is 0.941 bits per heavy atom. The van der Waals surface area contributed by atoms with Crippen LogP contribution in [0.4, 0.5) is 0 Å². The molecule has 5 nitrogen and oxygen atoms in total. The lowest BCUT2D eigenvalue weighted by Crippen LogP contribution is -2.51. The van der Waals surface area contributed by atoms with Crippen molar-refractivity contribution < 1.29 is 14.3 Å². The van der Waals surface area contributed by atoms with E-state index in [4.69, 9.17) is 4.74 Å². The van der Waals surface area contributed by atoms with Crippen LogP contribution in [-0.4, -0.2) is 35.9 Å². The third-order valence-corrected chi connectivity index (χ3v) is 5.94. The summed E-state index contributed by atoms with van der Waals surface area (Å²) in [7, 11) is 0. The molecule has 3 aromatic carbocycles. The van der Waals surface area contributed by atoms with Gasteiger partial charge in [0.05, 0.1) is 0 Å². The van der Waals surface area contributed by atoms with Crippen molar-refractivity contribution in [3.63, 3.8) is 0 Å². The Bertz CT molecular complexity index is 1040. The molecule has 1 N–H and O–H groups in total. The Morgan fingerprint density at radius 2 is 1.62 bits per heavy atom. The number of amides is 2. The molecule has 0 bridgehead atoms. The molecule has 0 aromatic heterocycles. The molecule has 0 radical (unpaired) electrons. The zero-order chi connectivity index (χ0) is 24.2. The number of hydrogen-bond donors (Lipinski definition) is 1. The number of nitrogens with zero attached hydrogens (tertiary/aromatic N) is 1. The minimum Gasteiger partial charge on any atom is -0.484 e. The number of nitrogens with one attached hydrogen (secondary N) is 1. The van der Waals surface area contributed by atoms with Gasteiger partial charge in [-0.3, -0.25) is 9.59 Å². The van der Waals surface area contributed by atoms with Crippen LogP contribution < -0.4 is 10.1 Å². The Balaban J connectivity index is 1.87. The summed E-state index contributed by atoms with van der Waals surface area (Å²) in [5.74, 6) is 0.223. The molecule has 0 aliphatic rings. The Kier molecular flexibility index (Phi) is 10.2. The standard InChI is InChI=1S/C28H31BrN2O3/c1-2-3-17-30-28(33)26(19-22-11-6-4-7-12-22)31(20-23-13-10-14-24(29)18-23)27(32)21-34-25-15-8-5-9-16-25/h4-16,18,26H,2-3,17,19-21H2,1H3,(H,30,33). The van der Waals surface area contributed by atoms with Gasteiger partial charge in [0, 0.05) is 24.0 Å². The van der Waals surface area contributed by atoms with Gasteiger partial charge >= 0.3 is 0 Å². The second kappa shape index (κ2) is 13.6. The van der Waals surface area contributed by atoms with E-state index in [1.807, 2.05) is 84.9 Å². The first kappa shape index (κ1) is 25.5. The average Bonchev–Trinajstić information content (AvgIpc) is 2.86. The second-order valence-corrected chi connectivity index (χ2v) is 9.02. The zero-order valence-corrected chi connectivity index (χ0v) is 21.0. The van der Waals surface area contributed by atoms with Crippen LogP contribution >= 0.6 is 15.9 Å². The van der Waals surface area contributed by atoms with E-state index in [1.165, 1.54) is 0 Å². The molecular formula is C28H31BrN2O3. The molecule has 1 unspecified atom stereocenters. The number of unbranched alkanes of at least 4 members (excludes halogenated alkanes) is 1. The fraction of sp³-hybridized carbons (Fsp3) is 0.286. The van der Waals surface area contributed by atoms with E-state index in [2.05, 4.69) is 28.2 Å². The summed E-state index contributed by atoms with van der Waals surface area (Å²) >= 11 is 3.50. The third kappa shape index (κ3) is 8.03. The summed E-state index contributed by atoms with van der Waals surface area (Å²) in [5.41, 5.74) is 1.93. The van der Waals surface area contributed by atoms with Crippen LogP contribution in [0.25, 0.3) is 0 Å². The second-order valence-electron chi connectivity index (χ2n) is 8.10. The smallest absolute Gasteiger partial charge is 0.261 e. The first-order valence-corrected chi connectivity index (χ1v) is 12.4. The van der Waals surface area contributed by atoms with Crippen molar-refractivity contribution in [1.82, 2.24) is 10.2 Å². The van der Waals surface area contributed by atoms with Crippen molar-refractivity contribution in [2.75, 3.05) is 13.2 Å². The molecule has 0 aliphatic carbocycles. The maximum atomic E-state index is 13.5. The predicted molar refractivity (Wildman–Crippen MR) is 138 cm³/mol. The third-order valence-electron chi connectivity index (χ3n) is 5.45. The number of halogens is 1. The number of carbonyl (C=O) groups excluding carboxylic acids is 2. The van der Waals surface area contributed by atoms with Gasteiger partial charge in [0.1, 0.15) is 11.8 Å². The Morgan fingerprint density at radius 3 is 2.29 bits per heavy atom. The van der Waals surface area contributed by atoms with Crippen LogP contribution in [0.3, 0.4) is 0 Å². The van der Waals surface area contributed by atoms with E-state index in [0.29, 0.717) is 25.3 Å². The van der Waals surface area contributed by atoms with Gasteiger partial charge in [0.2, 0.25) is 5.91 Å². The number of benzene rings is 3. The van der Waals surface area contributed by atoms with Gasteiger partial charge in [-0.15, -0.1) is 0 Å². The molecule has 0 fully saturated rings. The van der Waals surface area contributed by atoms with Gasteiger partial charge in [0.15, 0.2) is 6.61 Å². The molecule has 178 valence electrons. The maximum absolute atomic E-state index is 13.5. The van der Waals surface area contributed by atoms with E-state index in [0.717, 1.165) is 28.4 Å². The molecular weight excluding hydrogens is 492 g/mol. The van der Waals surface area contributed by atoms with E-state index in [1.54, 1.807) is 4.90 Å². The SMILES string of the molecule is CCCCNC(=O)C(Cc1ccccc1)N(Cc1cccc(Br)c1)C(=O)COc1ccccc1. The van der Waals surface area contributed by atoms with E-state index < -0.39 is 6.04 Å². The van der Waals surface area contributed by atoms with Gasteiger partial charge in [-0.2, -0.15) is 0 Å². The van der Waals surface area contributed by atoms with E-state index in [9.17, 15) is 9.59 Å². The van der Waals surface area contributed by atoms with Gasteiger partial charge in [0.25, 0.3) is 5.91 Å². The molecule has 0 saturated carbocycles. The van der Waals surface area contributed by atoms with E-state index >= 15 is 0 Å². The number of para-hydroxylation sites is 1. The number of hydrogen-bond acceptors (Lipinski definition) is 3. The van der Waals surface area contributed by atoms with Gasteiger partial charge in [-0.05, 0) is 41.8 Å². The average molecular weight is 523 g/mol. The van der Waals surface area contributed by atoms with Gasteiger partial charge in [-0.1, -0.05) is 89.9 Å². The summed E-state index contributed by atoms with van der Waals surface area (Å²) < 4.78 is 6.68. The van der Waals surface area contributed by atoms with Crippen molar-refractivity contribution in [2.24, 2.45) is 0 Å². The fourth-order valence-corrected chi connectivity index (χ4v) is 4.08. The number of carbonyl (C=O) groups is 2. The van der Waals surface area contributed by atoms with Crippen LogP contribution in [0.1, 0.15) is 30.9 Å². The molecule has 6 heteroatoms. The minimum atomic E-state index is -0.662. The first-order valence-electron chi connectivity index (χ1n) is 11.6. The topological polar surface area (TPSA) is 58.6 Å². The van der Waals surface area contributed by atoms with Crippen molar-refractivity contribution in [3.8, 4) is 5.75 Å². The highest BCUT2D eigenvalue weighted by Gasteiger charge is 2.30. The predicted octanol–water partition coefficient (Wildman–Crippen LogP) is 5.38.